The Morgan fingerprint density at radius 1 is 0.719 bits per heavy atom. The molecule has 0 spiro atoms. The zero-order valence-corrected chi connectivity index (χ0v) is 18.2. The number of hydrogen-bond acceptors (Lipinski definition) is 2. The second kappa shape index (κ2) is 9.35. The van der Waals surface area contributed by atoms with Gasteiger partial charge in [0.2, 0.25) is 0 Å². The fourth-order valence-electron chi connectivity index (χ4n) is 5.02. The highest BCUT2D eigenvalue weighted by Gasteiger charge is 2.26. The van der Waals surface area contributed by atoms with Crippen molar-refractivity contribution >= 4 is 5.57 Å². The van der Waals surface area contributed by atoms with Gasteiger partial charge in [0.05, 0.1) is 6.04 Å². The van der Waals surface area contributed by atoms with Crippen molar-refractivity contribution in [1.29, 1.82) is 0 Å². The molecule has 2 aliphatic rings. The van der Waals surface area contributed by atoms with Crippen LogP contribution in [0.1, 0.15) is 34.7 Å². The fourth-order valence-corrected chi connectivity index (χ4v) is 5.02. The first-order chi connectivity index (χ1) is 15.7. The van der Waals surface area contributed by atoms with Crippen molar-refractivity contribution in [2.24, 2.45) is 0 Å². The average Bonchev–Trinajstić information content (AvgIpc) is 3.24. The Morgan fingerprint density at radius 3 is 1.94 bits per heavy atom. The number of hydrogen-bond donors (Lipinski definition) is 0. The van der Waals surface area contributed by atoms with E-state index in [4.69, 9.17) is 0 Å². The van der Waals surface area contributed by atoms with Gasteiger partial charge in [-0.3, -0.25) is 9.80 Å². The van der Waals surface area contributed by atoms with E-state index in [2.05, 4.69) is 40.1 Å². The maximum Gasteiger partial charge on any atom is 0.123 e. The highest BCUT2D eigenvalue weighted by molar-refractivity contribution is 5.72. The van der Waals surface area contributed by atoms with Crippen LogP contribution in [0.2, 0.25) is 0 Å². The van der Waals surface area contributed by atoms with Gasteiger partial charge in [-0.15, -0.1) is 0 Å². The predicted octanol–water partition coefficient (Wildman–Crippen LogP) is 5.70. The molecular formula is C28H28F2N2. The molecule has 1 aliphatic carbocycles. The fraction of sp³-hybridized carbons (Fsp3) is 0.286. The Kier molecular flexibility index (Phi) is 6.15. The van der Waals surface area contributed by atoms with Crippen LogP contribution in [0.15, 0.2) is 78.9 Å². The van der Waals surface area contributed by atoms with Crippen molar-refractivity contribution in [1.82, 2.24) is 9.80 Å². The minimum Gasteiger partial charge on any atom is -0.297 e. The monoisotopic (exact) mass is 430 g/mol. The van der Waals surface area contributed by atoms with Gasteiger partial charge in [-0.2, -0.15) is 0 Å². The topological polar surface area (TPSA) is 6.48 Å². The molecule has 3 aromatic rings. The number of fused-ring (bicyclic) bond motifs is 1. The Bertz CT molecular complexity index is 1040. The van der Waals surface area contributed by atoms with Crippen LogP contribution in [-0.4, -0.2) is 42.5 Å². The van der Waals surface area contributed by atoms with Gasteiger partial charge in [-0.1, -0.05) is 54.6 Å². The quantitative estimate of drug-likeness (QED) is 0.512. The molecule has 1 aliphatic heterocycles. The molecule has 5 rings (SSSR count). The largest absolute Gasteiger partial charge is 0.297 e. The molecule has 1 saturated heterocycles. The second-order valence-corrected chi connectivity index (χ2v) is 8.73. The lowest BCUT2D eigenvalue weighted by molar-refractivity contribution is 0.117. The highest BCUT2D eigenvalue weighted by atomic mass is 19.1. The summed E-state index contributed by atoms with van der Waals surface area (Å²) in [5, 5.41) is 0. The average molecular weight is 431 g/mol. The summed E-state index contributed by atoms with van der Waals surface area (Å²) in [7, 11) is 0. The molecule has 2 nitrogen and oxygen atoms in total. The number of allylic oxidation sites excluding steroid dienone is 1. The summed E-state index contributed by atoms with van der Waals surface area (Å²) >= 11 is 0. The molecule has 0 unspecified atom stereocenters. The Morgan fingerprint density at radius 2 is 1.31 bits per heavy atom. The summed E-state index contributed by atoms with van der Waals surface area (Å²) in [5.41, 5.74) is 6.43. The zero-order valence-electron chi connectivity index (χ0n) is 18.2. The normalized spacial score (nSPS) is 18.4. The van der Waals surface area contributed by atoms with Crippen molar-refractivity contribution in [2.75, 3.05) is 32.7 Å². The van der Waals surface area contributed by atoms with E-state index >= 15 is 0 Å². The van der Waals surface area contributed by atoms with E-state index in [1.807, 2.05) is 24.3 Å². The predicted molar refractivity (Wildman–Crippen MR) is 125 cm³/mol. The number of aryl methyl sites for hydroxylation is 1. The molecule has 0 N–H and O–H groups in total. The van der Waals surface area contributed by atoms with Crippen LogP contribution < -0.4 is 0 Å². The van der Waals surface area contributed by atoms with Crippen LogP contribution in [0, 0.1) is 11.6 Å². The van der Waals surface area contributed by atoms with Crippen LogP contribution in [0.4, 0.5) is 8.78 Å². The third kappa shape index (κ3) is 4.52. The van der Waals surface area contributed by atoms with Gasteiger partial charge in [-0.05, 0) is 64.9 Å². The van der Waals surface area contributed by atoms with Crippen LogP contribution in [-0.2, 0) is 6.42 Å². The molecule has 164 valence electrons. The number of nitrogens with zero attached hydrogens (tertiary/aromatic N) is 2. The van der Waals surface area contributed by atoms with E-state index in [0.29, 0.717) is 0 Å². The Hall–Kier alpha value is -2.82. The minimum absolute atomic E-state index is 0.00147. The van der Waals surface area contributed by atoms with Gasteiger partial charge in [0.1, 0.15) is 11.6 Å². The van der Waals surface area contributed by atoms with Gasteiger partial charge in [0.25, 0.3) is 0 Å². The molecular weight excluding hydrogens is 402 g/mol. The number of rotatable bonds is 5. The molecule has 1 heterocycles. The van der Waals surface area contributed by atoms with E-state index in [9.17, 15) is 8.78 Å². The minimum atomic E-state index is -0.238. The third-order valence-corrected chi connectivity index (χ3v) is 6.77. The molecule has 0 aromatic heterocycles. The molecule has 4 heteroatoms. The van der Waals surface area contributed by atoms with Crippen LogP contribution in [0.25, 0.3) is 5.57 Å². The summed E-state index contributed by atoms with van der Waals surface area (Å²) < 4.78 is 27.1. The lowest BCUT2D eigenvalue weighted by atomic mass is 9.96. The van der Waals surface area contributed by atoms with E-state index in [0.717, 1.165) is 56.7 Å². The maximum absolute atomic E-state index is 13.5. The summed E-state index contributed by atoms with van der Waals surface area (Å²) in [6.45, 7) is 4.75. The van der Waals surface area contributed by atoms with Gasteiger partial charge >= 0.3 is 0 Å². The van der Waals surface area contributed by atoms with Crippen molar-refractivity contribution < 1.29 is 8.78 Å². The van der Waals surface area contributed by atoms with Crippen molar-refractivity contribution in [3.05, 3.63) is 113 Å². The number of halogens is 2. The molecule has 1 fully saturated rings. The van der Waals surface area contributed by atoms with Gasteiger partial charge in [-0.25, -0.2) is 8.78 Å². The van der Waals surface area contributed by atoms with Gasteiger partial charge < -0.3 is 0 Å². The van der Waals surface area contributed by atoms with Crippen LogP contribution >= 0.6 is 0 Å². The highest BCUT2D eigenvalue weighted by Crippen LogP contribution is 2.32. The SMILES string of the molecule is Fc1ccc(C(c2ccc(F)cc2)N2CCN(C/C=C3\CCc4ccccc43)CC2)cc1. The third-order valence-electron chi connectivity index (χ3n) is 6.77. The van der Waals surface area contributed by atoms with Crippen molar-refractivity contribution in [2.45, 2.75) is 18.9 Å². The van der Waals surface area contributed by atoms with Gasteiger partial charge in [0.15, 0.2) is 0 Å². The Labute approximate surface area is 188 Å². The van der Waals surface area contributed by atoms with Crippen LogP contribution in [0.3, 0.4) is 0 Å². The molecule has 0 saturated carbocycles. The lowest BCUT2D eigenvalue weighted by Crippen LogP contribution is -2.47. The molecule has 3 aromatic carbocycles. The number of piperazine rings is 1. The summed E-state index contributed by atoms with van der Waals surface area (Å²) in [5.74, 6) is -0.476. The van der Waals surface area contributed by atoms with E-state index < -0.39 is 0 Å². The first-order valence-electron chi connectivity index (χ1n) is 11.4. The maximum atomic E-state index is 13.5. The lowest BCUT2D eigenvalue weighted by Gasteiger charge is -2.39. The van der Waals surface area contributed by atoms with Crippen molar-refractivity contribution in [3.63, 3.8) is 0 Å². The van der Waals surface area contributed by atoms with Crippen LogP contribution in [0.5, 0.6) is 0 Å². The molecule has 0 radical (unpaired) electrons. The first kappa shape index (κ1) is 21.0. The zero-order chi connectivity index (χ0) is 21.9. The molecule has 0 atom stereocenters. The molecule has 0 bridgehead atoms. The molecule has 0 amide bonds. The smallest absolute Gasteiger partial charge is 0.123 e. The van der Waals surface area contributed by atoms with Gasteiger partial charge in [0, 0.05) is 32.7 Å². The first-order valence-corrected chi connectivity index (χ1v) is 11.4. The van der Waals surface area contributed by atoms with E-state index in [-0.39, 0.29) is 17.7 Å². The summed E-state index contributed by atoms with van der Waals surface area (Å²) in [4.78, 5) is 4.92. The Balaban J connectivity index is 1.28. The van der Waals surface area contributed by atoms with E-state index in [1.54, 1.807) is 0 Å². The standard InChI is InChI=1S/C28H28F2N2/c29-25-11-7-23(8-12-25)28(24-9-13-26(30)14-10-24)32-19-17-31(18-20-32)16-15-22-6-5-21-3-1-2-4-27(21)22/h1-4,7-15,28H,5-6,16-20H2/b22-15+. The van der Waals surface area contributed by atoms with E-state index in [1.165, 1.54) is 41.0 Å². The second-order valence-electron chi connectivity index (χ2n) is 8.73. The summed E-state index contributed by atoms with van der Waals surface area (Å²) in [6.07, 6.45) is 4.68. The molecule has 32 heavy (non-hydrogen) atoms. The number of benzene rings is 3. The summed E-state index contributed by atoms with van der Waals surface area (Å²) in [6, 6.07) is 22.1. The van der Waals surface area contributed by atoms with Crippen molar-refractivity contribution in [3.8, 4) is 0 Å².